The molecule has 2 rings (SSSR count). The lowest BCUT2D eigenvalue weighted by Gasteiger charge is -2.23. The molecule has 0 bridgehead atoms. The van der Waals surface area contributed by atoms with Crippen molar-refractivity contribution in [3.63, 3.8) is 0 Å². The van der Waals surface area contributed by atoms with Gasteiger partial charge in [-0.3, -0.25) is 33.3 Å². The molecule has 13 nitrogen and oxygen atoms in total. The van der Waals surface area contributed by atoms with Crippen molar-refractivity contribution in [3.05, 3.63) is 33.1 Å². The molecule has 1 fully saturated rings. The molecule has 4 unspecified atom stereocenters. The van der Waals surface area contributed by atoms with E-state index in [1.807, 2.05) is 20.8 Å². The van der Waals surface area contributed by atoms with Crippen LogP contribution in [0.4, 0.5) is 0 Å². The predicted molar refractivity (Wildman–Crippen MR) is 145 cm³/mol. The van der Waals surface area contributed by atoms with Crippen molar-refractivity contribution in [1.29, 1.82) is 0 Å². The second kappa shape index (κ2) is 14.5. The Hall–Kier alpha value is -2.09. The molecule has 0 radical (unpaired) electrons. The molecular weight excluding hydrogens is 553 g/mol. The van der Waals surface area contributed by atoms with Gasteiger partial charge in [0.15, 0.2) is 5.12 Å². The molecule has 15 heteroatoms. The largest absolute Gasteiger partial charge is 0.462 e. The number of rotatable bonds is 14. The number of nitrogens with one attached hydrogen (secondary N) is 2. The maximum absolute atomic E-state index is 13.6. The van der Waals surface area contributed by atoms with Gasteiger partial charge in [-0.2, -0.15) is 0 Å². The zero-order chi connectivity index (χ0) is 29.4. The van der Waals surface area contributed by atoms with Gasteiger partial charge in [0.25, 0.3) is 13.1 Å². The number of ether oxygens (including phenoxy) is 3. The SMILES string of the molecule is CC(=O)C1CC(n2ccc(=O)[nH]c2=O)OC1COP(=O)(COCCSC(=O)C(C)(C)C)NCC(=O)OC(C)C. The summed E-state index contributed by atoms with van der Waals surface area (Å²) in [5.74, 6) is -1.20. The highest BCUT2D eigenvalue weighted by atomic mass is 32.2. The first-order valence-corrected chi connectivity index (χ1v) is 15.3. The molecule has 2 heterocycles. The Morgan fingerprint density at radius 2 is 1.97 bits per heavy atom. The minimum atomic E-state index is -3.80. The standard InChI is InChI=1S/C24H38N3O10PS/c1-15(2)36-21(30)12-25-38(33,14-34-9-10-39-22(31)24(4,5)6)35-13-18-17(16(3)28)11-20(37-18)27-8-7-19(29)26-23(27)32/h7-8,15,17-18,20H,9-14H2,1-6H3,(H,25,33)(H,26,29,32). The number of carbonyl (C=O) groups is 3. The molecule has 1 aromatic rings. The molecule has 39 heavy (non-hydrogen) atoms. The lowest BCUT2D eigenvalue weighted by molar-refractivity contribution is -0.145. The first kappa shape index (κ1) is 33.1. The Bertz CT molecular complexity index is 1180. The van der Waals surface area contributed by atoms with Crippen LogP contribution in [0.3, 0.4) is 0 Å². The van der Waals surface area contributed by atoms with Crippen molar-refractivity contribution in [2.45, 2.75) is 66.4 Å². The fourth-order valence-corrected chi connectivity index (χ4v) is 5.75. The number of Topliss-reactive ketones (excluding diaryl/α,β-unsaturated/α-hetero) is 1. The number of ketones is 1. The maximum Gasteiger partial charge on any atom is 0.330 e. The summed E-state index contributed by atoms with van der Waals surface area (Å²) >= 11 is 1.10. The van der Waals surface area contributed by atoms with E-state index >= 15 is 0 Å². The molecule has 1 aliphatic heterocycles. The number of thioether (sulfide) groups is 1. The van der Waals surface area contributed by atoms with Crippen LogP contribution in [0.15, 0.2) is 21.9 Å². The van der Waals surface area contributed by atoms with Crippen LogP contribution in [0, 0.1) is 11.3 Å². The average molecular weight is 592 g/mol. The van der Waals surface area contributed by atoms with E-state index in [1.165, 1.54) is 13.1 Å². The number of esters is 1. The summed E-state index contributed by atoms with van der Waals surface area (Å²) < 4.78 is 36.9. The molecule has 2 N–H and O–H groups in total. The summed E-state index contributed by atoms with van der Waals surface area (Å²) in [6, 6.07) is 1.16. The van der Waals surface area contributed by atoms with Crippen LogP contribution in [0.2, 0.25) is 0 Å². The summed E-state index contributed by atoms with van der Waals surface area (Å²) in [7, 11) is -3.80. The normalized spacial score (nSPS) is 21.1. The maximum atomic E-state index is 13.6. The summed E-state index contributed by atoms with van der Waals surface area (Å²) in [5, 5.41) is 2.57. The smallest absolute Gasteiger partial charge is 0.330 e. The third kappa shape index (κ3) is 10.8. The molecule has 0 amide bonds. The van der Waals surface area contributed by atoms with Gasteiger partial charge in [0.1, 0.15) is 24.9 Å². The van der Waals surface area contributed by atoms with Gasteiger partial charge in [0.2, 0.25) is 0 Å². The highest BCUT2D eigenvalue weighted by Gasteiger charge is 2.41. The Morgan fingerprint density at radius 1 is 1.28 bits per heavy atom. The zero-order valence-corrected chi connectivity index (χ0v) is 24.8. The van der Waals surface area contributed by atoms with Crippen LogP contribution >= 0.6 is 19.3 Å². The van der Waals surface area contributed by atoms with Crippen LogP contribution in [-0.4, -0.2) is 70.5 Å². The molecule has 0 aromatic carbocycles. The second-order valence-electron chi connectivity index (χ2n) is 10.4. The fraction of sp³-hybridized carbons (Fsp3) is 0.708. The van der Waals surface area contributed by atoms with E-state index < -0.39 is 61.3 Å². The summed E-state index contributed by atoms with van der Waals surface area (Å²) in [5.41, 5.74) is -1.77. The van der Waals surface area contributed by atoms with Crippen LogP contribution < -0.4 is 16.3 Å². The monoisotopic (exact) mass is 591 g/mol. The van der Waals surface area contributed by atoms with Gasteiger partial charge in [0, 0.05) is 29.9 Å². The Kier molecular flexibility index (Phi) is 12.3. The molecule has 0 aliphatic carbocycles. The minimum absolute atomic E-state index is 0.00935. The molecule has 4 atom stereocenters. The Labute approximate surface area is 231 Å². The third-order valence-electron chi connectivity index (χ3n) is 5.53. The quantitative estimate of drug-likeness (QED) is 0.184. The highest BCUT2D eigenvalue weighted by Crippen LogP contribution is 2.44. The van der Waals surface area contributed by atoms with E-state index in [-0.39, 0.29) is 36.6 Å². The number of aromatic nitrogens is 2. The second-order valence-corrected chi connectivity index (χ2v) is 13.6. The molecule has 220 valence electrons. The fourth-order valence-electron chi connectivity index (χ4n) is 3.54. The van der Waals surface area contributed by atoms with E-state index in [1.54, 1.807) is 13.8 Å². The lowest BCUT2D eigenvalue weighted by Crippen LogP contribution is -2.32. The number of hydrogen-bond donors (Lipinski definition) is 2. The molecule has 1 aromatic heterocycles. The van der Waals surface area contributed by atoms with Crippen molar-refractivity contribution >= 4 is 36.1 Å². The lowest BCUT2D eigenvalue weighted by atomic mass is 9.97. The summed E-state index contributed by atoms with van der Waals surface area (Å²) in [4.78, 5) is 62.1. The van der Waals surface area contributed by atoms with Gasteiger partial charge in [-0.1, -0.05) is 32.5 Å². The van der Waals surface area contributed by atoms with E-state index in [0.29, 0.717) is 5.75 Å². The van der Waals surface area contributed by atoms with Gasteiger partial charge in [0.05, 0.1) is 31.3 Å². The van der Waals surface area contributed by atoms with Crippen molar-refractivity contribution in [1.82, 2.24) is 14.6 Å². The Morgan fingerprint density at radius 3 is 2.56 bits per heavy atom. The minimum Gasteiger partial charge on any atom is -0.462 e. The topological polar surface area (TPSA) is 172 Å². The number of hydrogen-bond acceptors (Lipinski definition) is 11. The molecular formula is C24H38N3O10PS. The van der Waals surface area contributed by atoms with Crippen molar-refractivity contribution < 1.29 is 37.7 Å². The van der Waals surface area contributed by atoms with Crippen LogP contribution in [0.1, 0.15) is 54.2 Å². The first-order valence-electron chi connectivity index (χ1n) is 12.5. The first-order chi connectivity index (χ1) is 18.1. The number of aromatic amines is 1. The van der Waals surface area contributed by atoms with Gasteiger partial charge in [-0.15, -0.1) is 0 Å². The average Bonchev–Trinajstić information content (AvgIpc) is 3.25. The van der Waals surface area contributed by atoms with E-state index in [4.69, 9.17) is 18.7 Å². The van der Waals surface area contributed by atoms with Crippen molar-refractivity contribution in [2.75, 3.05) is 31.9 Å². The molecule has 1 saturated heterocycles. The molecule has 0 saturated carbocycles. The van der Waals surface area contributed by atoms with Crippen LogP contribution in [-0.2, 0) is 37.7 Å². The summed E-state index contributed by atoms with van der Waals surface area (Å²) in [6.45, 7) is 9.54. The molecule has 1 aliphatic rings. The van der Waals surface area contributed by atoms with Crippen LogP contribution in [0.25, 0.3) is 0 Å². The van der Waals surface area contributed by atoms with E-state index in [0.717, 1.165) is 22.4 Å². The van der Waals surface area contributed by atoms with E-state index in [2.05, 4.69) is 10.1 Å². The number of nitrogens with zero attached hydrogens (tertiary/aromatic N) is 1. The number of carbonyl (C=O) groups excluding carboxylic acids is 3. The zero-order valence-electron chi connectivity index (χ0n) is 23.1. The number of H-pyrrole nitrogens is 1. The van der Waals surface area contributed by atoms with Crippen LogP contribution in [0.5, 0.6) is 0 Å². The third-order valence-corrected chi connectivity index (χ3v) is 8.51. The molecule has 0 spiro atoms. The van der Waals surface area contributed by atoms with Crippen molar-refractivity contribution in [3.8, 4) is 0 Å². The van der Waals surface area contributed by atoms with Gasteiger partial charge in [-0.05, 0) is 20.8 Å². The van der Waals surface area contributed by atoms with Gasteiger partial charge in [-0.25, -0.2) is 9.88 Å². The highest BCUT2D eigenvalue weighted by molar-refractivity contribution is 8.13. The van der Waals surface area contributed by atoms with Gasteiger partial charge < -0.3 is 18.7 Å². The Balaban J connectivity index is 2.06. The predicted octanol–water partition coefficient (Wildman–Crippen LogP) is 2.06. The van der Waals surface area contributed by atoms with E-state index in [9.17, 15) is 28.5 Å². The van der Waals surface area contributed by atoms with Gasteiger partial charge >= 0.3 is 11.7 Å². The summed E-state index contributed by atoms with van der Waals surface area (Å²) in [6.07, 6.45) is -1.07. The van der Waals surface area contributed by atoms with Crippen molar-refractivity contribution in [2.24, 2.45) is 11.3 Å².